The first-order valence-corrected chi connectivity index (χ1v) is 7.85. The van der Waals surface area contributed by atoms with Crippen molar-refractivity contribution in [2.75, 3.05) is 19.6 Å². The molecule has 1 saturated heterocycles. The van der Waals surface area contributed by atoms with E-state index in [1.165, 1.54) is 0 Å². The minimum Gasteiger partial charge on any atom is -0.355 e. The van der Waals surface area contributed by atoms with Crippen molar-refractivity contribution >= 4 is 18.3 Å². The summed E-state index contributed by atoms with van der Waals surface area (Å²) in [7, 11) is 0. The molecule has 0 bridgehead atoms. The van der Waals surface area contributed by atoms with Crippen LogP contribution in [0.2, 0.25) is 0 Å². The van der Waals surface area contributed by atoms with Gasteiger partial charge in [-0.15, -0.1) is 12.4 Å². The standard InChI is InChI=1S/C15H25F3N2O.ClH/c1-14(5-7-19-8-6-14)10-20-13(21)11-3-2-4-12(9-11)15(16,17)18;/h11-12,19H,2-10H2,1H3,(H,20,21);1H. The minimum atomic E-state index is -4.17. The van der Waals surface area contributed by atoms with Gasteiger partial charge in [0.1, 0.15) is 0 Å². The number of alkyl halides is 3. The largest absolute Gasteiger partial charge is 0.391 e. The van der Waals surface area contributed by atoms with Crippen molar-refractivity contribution in [2.45, 2.75) is 51.6 Å². The molecule has 22 heavy (non-hydrogen) atoms. The van der Waals surface area contributed by atoms with E-state index in [0.717, 1.165) is 25.9 Å². The molecule has 1 saturated carbocycles. The average Bonchev–Trinajstić information content (AvgIpc) is 2.45. The summed E-state index contributed by atoms with van der Waals surface area (Å²) in [5, 5.41) is 6.18. The summed E-state index contributed by atoms with van der Waals surface area (Å²) >= 11 is 0. The Hall–Kier alpha value is -0.490. The summed E-state index contributed by atoms with van der Waals surface area (Å²) in [5.74, 6) is -1.98. The highest BCUT2D eigenvalue weighted by Gasteiger charge is 2.43. The first-order chi connectivity index (χ1) is 9.80. The SMILES string of the molecule is CC1(CNC(=O)C2CCCC(C(F)(F)F)C2)CCNCC1.Cl. The summed E-state index contributed by atoms with van der Waals surface area (Å²) in [5.41, 5.74) is 0.0685. The second-order valence-corrected chi connectivity index (χ2v) is 6.88. The van der Waals surface area contributed by atoms with Crippen molar-refractivity contribution < 1.29 is 18.0 Å². The van der Waals surface area contributed by atoms with Gasteiger partial charge >= 0.3 is 6.18 Å². The van der Waals surface area contributed by atoms with E-state index in [4.69, 9.17) is 0 Å². The third kappa shape index (κ3) is 5.30. The molecule has 3 nitrogen and oxygen atoms in total. The number of halogens is 4. The molecular weight excluding hydrogens is 317 g/mol. The van der Waals surface area contributed by atoms with Crippen molar-refractivity contribution in [3.8, 4) is 0 Å². The lowest BCUT2D eigenvalue weighted by atomic mass is 9.79. The number of nitrogens with one attached hydrogen (secondary N) is 2. The van der Waals surface area contributed by atoms with Gasteiger partial charge in [-0.1, -0.05) is 13.3 Å². The molecule has 0 aromatic rings. The Kier molecular flexibility index (Phi) is 6.99. The first-order valence-electron chi connectivity index (χ1n) is 7.85. The van der Waals surface area contributed by atoms with Gasteiger partial charge < -0.3 is 10.6 Å². The molecule has 2 N–H and O–H groups in total. The minimum absolute atomic E-state index is 0. The van der Waals surface area contributed by atoms with Crippen LogP contribution >= 0.6 is 12.4 Å². The zero-order chi connectivity index (χ0) is 15.5. The molecule has 1 amide bonds. The number of hydrogen-bond donors (Lipinski definition) is 2. The van der Waals surface area contributed by atoms with Crippen LogP contribution in [0.25, 0.3) is 0 Å². The van der Waals surface area contributed by atoms with Gasteiger partial charge in [0.25, 0.3) is 0 Å². The van der Waals surface area contributed by atoms with Gasteiger partial charge in [-0.2, -0.15) is 13.2 Å². The summed E-state index contributed by atoms with van der Waals surface area (Å²) < 4.78 is 38.3. The van der Waals surface area contributed by atoms with Gasteiger partial charge in [-0.3, -0.25) is 4.79 Å². The van der Waals surface area contributed by atoms with Gasteiger partial charge in [0, 0.05) is 12.5 Å². The lowest BCUT2D eigenvalue weighted by molar-refractivity contribution is -0.186. The van der Waals surface area contributed by atoms with Gasteiger partial charge in [0.2, 0.25) is 5.91 Å². The fourth-order valence-corrected chi connectivity index (χ4v) is 3.38. The maximum absolute atomic E-state index is 12.8. The maximum Gasteiger partial charge on any atom is 0.391 e. The summed E-state index contributed by atoms with van der Waals surface area (Å²) in [6.07, 6.45) is -1.00. The fraction of sp³-hybridized carbons (Fsp3) is 0.933. The molecule has 0 aromatic heterocycles. The molecule has 7 heteroatoms. The number of piperidine rings is 1. The molecule has 130 valence electrons. The van der Waals surface area contributed by atoms with Gasteiger partial charge in [0.15, 0.2) is 0 Å². The smallest absolute Gasteiger partial charge is 0.355 e. The van der Waals surface area contributed by atoms with E-state index in [9.17, 15) is 18.0 Å². The summed E-state index contributed by atoms with van der Waals surface area (Å²) in [4.78, 5) is 12.2. The van der Waals surface area contributed by atoms with Crippen molar-refractivity contribution in [3.05, 3.63) is 0 Å². The predicted molar refractivity (Wildman–Crippen MR) is 82.0 cm³/mol. The molecule has 2 unspecified atom stereocenters. The van der Waals surface area contributed by atoms with Crippen LogP contribution in [0.15, 0.2) is 0 Å². The van der Waals surface area contributed by atoms with Crippen LogP contribution in [0.1, 0.15) is 45.4 Å². The topological polar surface area (TPSA) is 41.1 Å². The normalized spacial score (nSPS) is 28.5. The Labute approximate surface area is 136 Å². The average molecular weight is 343 g/mol. The van der Waals surface area contributed by atoms with E-state index in [-0.39, 0.29) is 36.6 Å². The Bertz CT molecular complexity index is 370. The second-order valence-electron chi connectivity index (χ2n) is 6.88. The van der Waals surface area contributed by atoms with Crippen molar-refractivity contribution in [1.29, 1.82) is 0 Å². The Morgan fingerprint density at radius 2 is 1.91 bits per heavy atom. The van der Waals surface area contributed by atoms with Crippen LogP contribution < -0.4 is 10.6 Å². The second kappa shape index (κ2) is 7.86. The molecule has 2 fully saturated rings. The van der Waals surface area contributed by atoms with Crippen LogP contribution in [0, 0.1) is 17.3 Å². The Morgan fingerprint density at radius 3 is 2.50 bits per heavy atom. The molecular formula is C15H26ClF3N2O. The first kappa shape index (κ1) is 19.6. The van der Waals surface area contributed by atoms with E-state index in [1.54, 1.807) is 0 Å². The van der Waals surface area contributed by atoms with E-state index >= 15 is 0 Å². The Morgan fingerprint density at radius 1 is 1.27 bits per heavy atom. The van der Waals surface area contributed by atoms with Crippen LogP contribution in [0.4, 0.5) is 13.2 Å². The van der Waals surface area contributed by atoms with Gasteiger partial charge in [-0.25, -0.2) is 0 Å². The number of hydrogen-bond acceptors (Lipinski definition) is 2. The third-order valence-corrected chi connectivity index (χ3v) is 5.01. The molecule has 2 aliphatic rings. The molecule has 0 spiro atoms. The number of amides is 1. The number of rotatable bonds is 3. The number of carbonyl (C=O) groups excluding carboxylic acids is 1. The maximum atomic E-state index is 12.8. The van der Waals surface area contributed by atoms with Crippen LogP contribution in [-0.4, -0.2) is 31.7 Å². The molecule has 1 aliphatic carbocycles. The third-order valence-electron chi connectivity index (χ3n) is 5.01. The number of carbonyl (C=O) groups is 1. The van der Waals surface area contributed by atoms with E-state index < -0.39 is 18.0 Å². The molecule has 0 aromatic carbocycles. The van der Waals surface area contributed by atoms with Crippen LogP contribution in [0.5, 0.6) is 0 Å². The Balaban J connectivity index is 0.00000242. The summed E-state index contributed by atoms with van der Waals surface area (Å²) in [6, 6.07) is 0. The zero-order valence-electron chi connectivity index (χ0n) is 13.0. The molecule has 1 heterocycles. The van der Waals surface area contributed by atoms with E-state index in [2.05, 4.69) is 17.6 Å². The molecule has 2 rings (SSSR count). The van der Waals surface area contributed by atoms with Crippen molar-refractivity contribution in [2.24, 2.45) is 17.3 Å². The monoisotopic (exact) mass is 342 g/mol. The highest BCUT2D eigenvalue weighted by molar-refractivity contribution is 5.85. The van der Waals surface area contributed by atoms with Crippen molar-refractivity contribution in [1.82, 2.24) is 10.6 Å². The van der Waals surface area contributed by atoms with Crippen molar-refractivity contribution in [3.63, 3.8) is 0 Å². The van der Waals surface area contributed by atoms with E-state index in [0.29, 0.717) is 19.4 Å². The highest BCUT2D eigenvalue weighted by Crippen LogP contribution is 2.40. The fourth-order valence-electron chi connectivity index (χ4n) is 3.38. The highest BCUT2D eigenvalue weighted by atomic mass is 35.5. The molecule has 2 atom stereocenters. The van der Waals surface area contributed by atoms with Crippen LogP contribution in [-0.2, 0) is 4.79 Å². The van der Waals surface area contributed by atoms with E-state index in [1.807, 2.05) is 0 Å². The molecule has 0 radical (unpaired) electrons. The predicted octanol–water partition coefficient (Wildman–Crippen LogP) is 3.28. The summed E-state index contributed by atoms with van der Waals surface area (Å²) in [6.45, 7) is 4.58. The lowest BCUT2D eigenvalue weighted by Crippen LogP contribution is -2.45. The van der Waals surface area contributed by atoms with Crippen LogP contribution in [0.3, 0.4) is 0 Å². The lowest BCUT2D eigenvalue weighted by Gasteiger charge is -2.35. The van der Waals surface area contributed by atoms with Gasteiger partial charge in [0.05, 0.1) is 5.92 Å². The quantitative estimate of drug-likeness (QED) is 0.826. The van der Waals surface area contributed by atoms with Gasteiger partial charge in [-0.05, 0) is 50.6 Å². The zero-order valence-corrected chi connectivity index (χ0v) is 13.8. The molecule has 1 aliphatic heterocycles.